The summed E-state index contributed by atoms with van der Waals surface area (Å²) in [6.45, 7) is 4.53. The first-order valence-corrected chi connectivity index (χ1v) is 6.00. The van der Waals surface area contributed by atoms with E-state index in [2.05, 4.69) is 5.32 Å². The second kappa shape index (κ2) is 5.80. The van der Waals surface area contributed by atoms with E-state index in [-0.39, 0.29) is 11.9 Å². The quantitative estimate of drug-likeness (QED) is 0.849. The molecule has 1 fully saturated rings. The highest BCUT2D eigenvalue weighted by molar-refractivity contribution is 5.97. The third-order valence-electron chi connectivity index (χ3n) is 2.87. The molecule has 4 heteroatoms. The van der Waals surface area contributed by atoms with Crippen LogP contribution >= 0.6 is 0 Å². The molecule has 0 spiro atoms. The third kappa shape index (κ3) is 2.84. The van der Waals surface area contributed by atoms with Crippen LogP contribution in [-0.4, -0.2) is 38.3 Å². The highest BCUT2D eigenvalue weighted by Crippen LogP contribution is 2.14. The molecule has 0 aliphatic carbocycles. The molecule has 1 saturated heterocycles. The van der Waals surface area contributed by atoms with E-state index in [1.54, 1.807) is 4.90 Å². The lowest BCUT2D eigenvalue weighted by molar-refractivity contribution is -0.123. The van der Waals surface area contributed by atoms with Gasteiger partial charge in [0.1, 0.15) is 6.04 Å². The number of rotatable bonds is 3. The Kier molecular flexibility index (Phi) is 4.12. The van der Waals surface area contributed by atoms with Crippen LogP contribution in [0.3, 0.4) is 0 Å². The number of carbonyl (C=O) groups is 1. The first-order valence-electron chi connectivity index (χ1n) is 6.00. The molecular formula is C13H18N2O2. The fourth-order valence-corrected chi connectivity index (χ4v) is 1.99. The summed E-state index contributed by atoms with van der Waals surface area (Å²) in [5.74, 6) is 0.0819. The predicted molar refractivity (Wildman–Crippen MR) is 67.1 cm³/mol. The van der Waals surface area contributed by atoms with Crippen LogP contribution in [0.25, 0.3) is 0 Å². The number of para-hydroxylation sites is 1. The standard InChI is InChI=1S/C13H18N2O2/c1-2-15(11-6-4-3-5-7-11)13(16)12-10-17-9-8-14-12/h3-7,12,14H,2,8-10H2,1H3. The minimum Gasteiger partial charge on any atom is -0.378 e. The SMILES string of the molecule is CCN(C(=O)C1COCCN1)c1ccccc1. The molecule has 2 rings (SSSR count). The van der Waals surface area contributed by atoms with Gasteiger partial charge < -0.3 is 15.0 Å². The van der Waals surface area contributed by atoms with Crippen molar-refractivity contribution in [3.63, 3.8) is 0 Å². The first kappa shape index (κ1) is 12.1. The first-order chi connectivity index (χ1) is 8.33. The molecule has 1 atom stereocenters. The Hall–Kier alpha value is -1.39. The van der Waals surface area contributed by atoms with Gasteiger partial charge >= 0.3 is 0 Å². The van der Waals surface area contributed by atoms with Gasteiger partial charge in [0.2, 0.25) is 5.91 Å². The lowest BCUT2D eigenvalue weighted by atomic mass is 10.2. The Morgan fingerprint density at radius 3 is 2.82 bits per heavy atom. The monoisotopic (exact) mass is 234 g/mol. The van der Waals surface area contributed by atoms with Gasteiger partial charge in [-0.2, -0.15) is 0 Å². The van der Waals surface area contributed by atoms with E-state index in [9.17, 15) is 4.79 Å². The number of ether oxygens (including phenoxy) is 1. The molecule has 0 aromatic heterocycles. The maximum absolute atomic E-state index is 12.3. The van der Waals surface area contributed by atoms with Crippen molar-refractivity contribution >= 4 is 11.6 Å². The Morgan fingerprint density at radius 2 is 2.24 bits per heavy atom. The average molecular weight is 234 g/mol. The Bertz CT molecular complexity index is 361. The van der Waals surface area contributed by atoms with Gasteiger partial charge in [0.25, 0.3) is 0 Å². The highest BCUT2D eigenvalue weighted by atomic mass is 16.5. The molecule has 1 unspecified atom stereocenters. The number of likely N-dealkylation sites (N-methyl/N-ethyl adjacent to an activating group) is 1. The van der Waals surface area contributed by atoms with Crippen molar-refractivity contribution in [2.24, 2.45) is 0 Å². The summed E-state index contributed by atoms with van der Waals surface area (Å²) in [5, 5.41) is 3.19. The van der Waals surface area contributed by atoms with Gasteiger partial charge in [0, 0.05) is 18.8 Å². The minimum absolute atomic E-state index is 0.0819. The van der Waals surface area contributed by atoms with Crippen LogP contribution < -0.4 is 10.2 Å². The topological polar surface area (TPSA) is 41.6 Å². The van der Waals surface area contributed by atoms with E-state index < -0.39 is 0 Å². The number of anilines is 1. The van der Waals surface area contributed by atoms with Gasteiger partial charge in [0.15, 0.2) is 0 Å². The summed E-state index contributed by atoms with van der Waals surface area (Å²) in [6, 6.07) is 9.51. The molecule has 92 valence electrons. The lowest BCUT2D eigenvalue weighted by Crippen LogP contribution is -2.52. The zero-order valence-electron chi connectivity index (χ0n) is 10.1. The van der Waals surface area contributed by atoms with E-state index in [0.717, 1.165) is 12.2 Å². The summed E-state index contributed by atoms with van der Waals surface area (Å²) < 4.78 is 5.32. The molecule has 1 amide bonds. The van der Waals surface area contributed by atoms with E-state index in [1.165, 1.54) is 0 Å². The van der Waals surface area contributed by atoms with Crippen molar-refractivity contribution in [3.05, 3.63) is 30.3 Å². The molecule has 1 aliphatic heterocycles. The third-order valence-corrected chi connectivity index (χ3v) is 2.87. The van der Waals surface area contributed by atoms with Crippen LogP contribution in [0.5, 0.6) is 0 Å². The number of nitrogens with zero attached hydrogens (tertiary/aromatic N) is 1. The maximum Gasteiger partial charge on any atom is 0.246 e. The summed E-state index contributed by atoms with van der Waals surface area (Å²) in [5.41, 5.74) is 0.937. The molecule has 1 aliphatic rings. The predicted octanol–water partition coefficient (Wildman–Crippen LogP) is 1.03. The summed E-state index contributed by atoms with van der Waals surface area (Å²) in [7, 11) is 0. The molecule has 1 aromatic rings. The van der Waals surface area contributed by atoms with Crippen LogP contribution in [0, 0.1) is 0 Å². The molecule has 17 heavy (non-hydrogen) atoms. The van der Waals surface area contributed by atoms with Crippen LogP contribution in [0.4, 0.5) is 5.69 Å². The van der Waals surface area contributed by atoms with Crippen molar-refractivity contribution in [1.82, 2.24) is 5.32 Å². The largest absolute Gasteiger partial charge is 0.378 e. The Labute approximate surface area is 102 Å². The smallest absolute Gasteiger partial charge is 0.246 e. The van der Waals surface area contributed by atoms with Crippen LogP contribution in [-0.2, 0) is 9.53 Å². The summed E-state index contributed by atoms with van der Waals surface area (Å²) >= 11 is 0. The van der Waals surface area contributed by atoms with Crippen molar-refractivity contribution < 1.29 is 9.53 Å². The van der Waals surface area contributed by atoms with E-state index in [4.69, 9.17) is 4.74 Å². The maximum atomic E-state index is 12.3. The highest BCUT2D eigenvalue weighted by Gasteiger charge is 2.26. The summed E-state index contributed by atoms with van der Waals surface area (Å²) in [4.78, 5) is 14.1. The van der Waals surface area contributed by atoms with Crippen molar-refractivity contribution in [3.8, 4) is 0 Å². The zero-order chi connectivity index (χ0) is 12.1. The second-order valence-electron chi connectivity index (χ2n) is 4.00. The number of nitrogens with one attached hydrogen (secondary N) is 1. The number of hydrogen-bond donors (Lipinski definition) is 1. The van der Waals surface area contributed by atoms with Gasteiger partial charge in [-0.1, -0.05) is 18.2 Å². The number of hydrogen-bond acceptors (Lipinski definition) is 3. The van der Waals surface area contributed by atoms with Gasteiger partial charge in [-0.15, -0.1) is 0 Å². The zero-order valence-corrected chi connectivity index (χ0v) is 10.1. The lowest BCUT2D eigenvalue weighted by Gasteiger charge is -2.29. The van der Waals surface area contributed by atoms with Gasteiger partial charge in [0.05, 0.1) is 13.2 Å². The molecule has 1 heterocycles. The normalized spacial score (nSPS) is 19.9. The van der Waals surface area contributed by atoms with Crippen molar-refractivity contribution in [1.29, 1.82) is 0 Å². The average Bonchev–Trinajstić information content (AvgIpc) is 2.42. The second-order valence-corrected chi connectivity index (χ2v) is 4.00. The number of benzene rings is 1. The molecule has 1 aromatic carbocycles. The van der Waals surface area contributed by atoms with E-state index in [0.29, 0.717) is 19.8 Å². The summed E-state index contributed by atoms with van der Waals surface area (Å²) in [6.07, 6.45) is 0. The molecule has 4 nitrogen and oxygen atoms in total. The number of amides is 1. The van der Waals surface area contributed by atoms with Crippen LogP contribution in [0.2, 0.25) is 0 Å². The van der Waals surface area contributed by atoms with E-state index in [1.807, 2.05) is 37.3 Å². The van der Waals surface area contributed by atoms with Crippen LogP contribution in [0.1, 0.15) is 6.92 Å². The van der Waals surface area contributed by atoms with Crippen molar-refractivity contribution in [2.45, 2.75) is 13.0 Å². The van der Waals surface area contributed by atoms with Crippen molar-refractivity contribution in [2.75, 3.05) is 31.2 Å². The minimum atomic E-state index is -0.219. The van der Waals surface area contributed by atoms with Gasteiger partial charge in [-0.05, 0) is 19.1 Å². The molecule has 1 N–H and O–H groups in total. The Balaban J connectivity index is 2.10. The molecule has 0 saturated carbocycles. The molecule has 0 bridgehead atoms. The van der Waals surface area contributed by atoms with Gasteiger partial charge in [-0.25, -0.2) is 0 Å². The number of morpholine rings is 1. The number of carbonyl (C=O) groups excluding carboxylic acids is 1. The fraction of sp³-hybridized carbons (Fsp3) is 0.462. The fourth-order valence-electron chi connectivity index (χ4n) is 1.99. The Morgan fingerprint density at radius 1 is 1.47 bits per heavy atom. The van der Waals surface area contributed by atoms with Crippen LogP contribution in [0.15, 0.2) is 30.3 Å². The van der Waals surface area contributed by atoms with Gasteiger partial charge in [-0.3, -0.25) is 4.79 Å². The van der Waals surface area contributed by atoms with E-state index >= 15 is 0 Å². The molecule has 0 radical (unpaired) electrons. The molecular weight excluding hydrogens is 216 g/mol.